The van der Waals surface area contributed by atoms with Crippen LogP contribution < -0.4 is 4.90 Å². The molecule has 0 aliphatic heterocycles. The molecule has 3 nitrogen and oxygen atoms in total. The maximum absolute atomic E-state index is 12.1. The Kier molecular flexibility index (Phi) is 4.17. The molecule has 0 radical (unpaired) electrons. The summed E-state index contributed by atoms with van der Waals surface area (Å²) in [5, 5.41) is 0. The molecule has 0 saturated carbocycles. The number of ether oxygens (including phenoxy) is 1. The molecule has 1 rings (SSSR count). The third-order valence-corrected chi connectivity index (χ3v) is 2.38. The normalized spacial score (nSPS) is 10.9. The van der Waals surface area contributed by atoms with Gasteiger partial charge in [-0.15, -0.1) is 0 Å². The van der Waals surface area contributed by atoms with E-state index in [-0.39, 0.29) is 0 Å². The molecule has 0 fully saturated rings. The summed E-state index contributed by atoms with van der Waals surface area (Å²) >= 11 is 0. The monoisotopic (exact) mass is 247 g/mol. The van der Waals surface area contributed by atoms with Crippen LogP contribution >= 0.6 is 0 Å². The molecule has 18 heavy (non-hydrogen) atoms. The molecule has 0 N–H and O–H groups in total. The van der Waals surface area contributed by atoms with Crippen molar-refractivity contribution in [3.05, 3.63) is 42.1 Å². The molecule has 0 aromatic heterocycles. The first-order valence-electron chi connectivity index (χ1n) is 5.96. The zero-order chi connectivity index (χ0) is 13.9. The molecule has 0 aliphatic carbocycles. The predicted octanol–water partition coefficient (Wildman–Crippen LogP) is 4.19. The summed E-state index contributed by atoms with van der Waals surface area (Å²) in [7, 11) is 0. The predicted molar refractivity (Wildman–Crippen MR) is 74.8 cm³/mol. The van der Waals surface area contributed by atoms with E-state index in [2.05, 4.69) is 6.58 Å². The van der Waals surface area contributed by atoms with Gasteiger partial charge in [-0.1, -0.05) is 24.3 Å². The minimum Gasteiger partial charge on any atom is -0.443 e. The number of amides is 1. The second kappa shape index (κ2) is 5.25. The number of aryl methyl sites for hydroxylation is 2. The van der Waals surface area contributed by atoms with Gasteiger partial charge in [-0.25, -0.2) is 4.79 Å². The van der Waals surface area contributed by atoms with E-state index in [4.69, 9.17) is 4.74 Å². The Morgan fingerprint density at radius 3 is 2.39 bits per heavy atom. The third kappa shape index (κ3) is 3.62. The van der Waals surface area contributed by atoms with Gasteiger partial charge in [0.1, 0.15) is 5.60 Å². The number of carbonyl (C=O) groups excluding carboxylic acids is 1. The van der Waals surface area contributed by atoms with E-state index in [0.29, 0.717) is 0 Å². The number of nitrogens with zero attached hydrogens (tertiary/aromatic N) is 1. The summed E-state index contributed by atoms with van der Waals surface area (Å²) < 4.78 is 5.35. The zero-order valence-corrected chi connectivity index (χ0v) is 11.8. The fourth-order valence-corrected chi connectivity index (χ4v) is 1.66. The van der Waals surface area contributed by atoms with E-state index in [9.17, 15) is 4.79 Å². The highest BCUT2D eigenvalue weighted by atomic mass is 16.6. The number of carbonyl (C=O) groups is 1. The molecule has 98 valence electrons. The number of rotatable bonds is 2. The molecule has 0 atom stereocenters. The quantitative estimate of drug-likeness (QED) is 0.784. The van der Waals surface area contributed by atoms with Crippen molar-refractivity contribution in [3.63, 3.8) is 0 Å². The van der Waals surface area contributed by atoms with Crippen LogP contribution in [0.5, 0.6) is 0 Å². The highest BCUT2D eigenvalue weighted by Crippen LogP contribution is 2.23. The van der Waals surface area contributed by atoms with Gasteiger partial charge in [0.25, 0.3) is 0 Å². The molecule has 1 aromatic carbocycles. The zero-order valence-electron chi connectivity index (χ0n) is 11.8. The molecule has 1 amide bonds. The van der Waals surface area contributed by atoms with Gasteiger partial charge < -0.3 is 4.74 Å². The van der Waals surface area contributed by atoms with Crippen LogP contribution in [0, 0.1) is 13.8 Å². The topological polar surface area (TPSA) is 29.5 Å². The van der Waals surface area contributed by atoms with Crippen molar-refractivity contribution in [2.75, 3.05) is 4.90 Å². The van der Waals surface area contributed by atoms with Gasteiger partial charge in [0.2, 0.25) is 0 Å². The number of anilines is 1. The van der Waals surface area contributed by atoms with Crippen molar-refractivity contribution in [2.24, 2.45) is 0 Å². The summed E-state index contributed by atoms with van der Waals surface area (Å²) in [4.78, 5) is 13.5. The van der Waals surface area contributed by atoms with E-state index >= 15 is 0 Å². The van der Waals surface area contributed by atoms with Crippen molar-refractivity contribution in [1.29, 1.82) is 0 Å². The van der Waals surface area contributed by atoms with Crippen LogP contribution in [0.25, 0.3) is 0 Å². The summed E-state index contributed by atoms with van der Waals surface area (Å²) in [5.41, 5.74) is 2.45. The Morgan fingerprint density at radius 2 is 1.94 bits per heavy atom. The minimum absolute atomic E-state index is 0.413. The summed E-state index contributed by atoms with van der Waals surface area (Å²) in [6.45, 7) is 13.2. The highest BCUT2D eigenvalue weighted by molar-refractivity contribution is 5.90. The molecule has 0 aliphatic rings. The second-order valence-electron chi connectivity index (χ2n) is 5.32. The molecule has 3 heteroatoms. The molecule has 0 spiro atoms. The Hall–Kier alpha value is -1.77. The van der Waals surface area contributed by atoms with Crippen LogP contribution in [0.2, 0.25) is 0 Å². The van der Waals surface area contributed by atoms with Gasteiger partial charge in [0.05, 0.1) is 5.69 Å². The average Bonchev–Trinajstić information content (AvgIpc) is 2.19. The minimum atomic E-state index is -0.517. The summed E-state index contributed by atoms with van der Waals surface area (Å²) in [6.07, 6.45) is 1.07. The lowest BCUT2D eigenvalue weighted by Gasteiger charge is -2.26. The van der Waals surface area contributed by atoms with Crippen LogP contribution in [-0.2, 0) is 4.74 Å². The van der Waals surface area contributed by atoms with Crippen molar-refractivity contribution in [1.82, 2.24) is 0 Å². The lowest BCUT2D eigenvalue weighted by Crippen LogP contribution is -2.33. The standard InChI is InChI=1S/C15H21NO2/c1-7-16(14(17)18-15(4,5)6)13-9-8-11(2)10-12(13)3/h7-10H,1H2,2-6H3. The van der Waals surface area contributed by atoms with Crippen molar-refractivity contribution in [3.8, 4) is 0 Å². The van der Waals surface area contributed by atoms with Gasteiger partial charge in [-0.3, -0.25) is 4.90 Å². The van der Waals surface area contributed by atoms with Gasteiger partial charge >= 0.3 is 6.09 Å². The first-order chi connectivity index (χ1) is 8.24. The van der Waals surface area contributed by atoms with Gasteiger partial charge in [0.15, 0.2) is 0 Å². The smallest absolute Gasteiger partial charge is 0.418 e. The second-order valence-corrected chi connectivity index (χ2v) is 5.32. The Labute approximate surface area is 109 Å². The van der Waals surface area contributed by atoms with E-state index in [1.165, 1.54) is 11.1 Å². The van der Waals surface area contributed by atoms with Gasteiger partial charge in [-0.2, -0.15) is 0 Å². The molecule has 1 aromatic rings. The van der Waals surface area contributed by atoms with Crippen LogP contribution in [0.3, 0.4) is 0 Å². The number of hydrogen-bond donors (Lipinski definition) is 0. The fourth-order valence-electron chi connectivity index (χ4n) is 1.66. The lowest BCUT2D eigenvalue weighted by molar-refractivity contribution is 0.0596. The number of benzene rings is 1. The largest absolute Gasteiger partial charge is 0.443 e. The summed E-state index contributed by atoms with van der Waals surface area (Å²) in [6, 6.07) is 5.88. The van der Waals surface area contributed by atoms with Crippen LogP contribution in [0.15, 0.2) is 31.0 Å². The third-order valence-electron chi connectivity index (χ3n) is 2.38. The number of hydrogen-bond acceptors (Lipinski definition) is 2. The SMILES string of the molecule is C=CN(C(=O)OC(C)(C)C)c1ccc(C)cc1C. The van der Waals surface area contributed by atoms with E-state index in [0.717, 1.165) is 16.8 Å². The first kappa shape index (κ1) is 14.3. The molecule has 0 bridgehead atoms. The maximum Gasteiger partial charge on any atom is 0.418 e. The Morgan fingerprint density at radius 1 is 1.33 bits per heavy atom. The van der Waals surface area contributed by atoms with E-state index < -0.39 is 11.7 Å². The highest BCUT2D eigenvalue weighted by Gasteiger charge is 2.22. The van der Waals surface area contributed by atoms with E-state index in [1.807, 2.05) is 52.8 Å². The van der Waals surface area contributed by atoms with Crippen LogP contribution in [0.4, 0.5) is 10.5 Å². The molecular weight excluding hydrogens is 226 g/mol. The fraction of sp³-hybridized carbons (Fsp3) is 0.400. The Bertz CT molecular complexity index is 458. The van der Waals surface area contributed by atoms with Gasteiger partial charge in [0, 0.05) is 6.20 Å². The van der Waals surface area contributed by atoms with Crippen LogP contribution in [-0.4, -0.2) is 11.7 Å². The van der Waals surface area contributed by atoms with Crippen molar-refractivity contribution in [2.45, 2.75) is 40.2 Å². The average molecular weight is 247 g/mol. The molecule has 0 unspecified atom stereocenters. The Balaban J connectivity index is 3.03. The maximum atomic E-state index is 12.1. The lowest BCUT2D eigenvalue weighted by atomic mass is 10.1. The molecule has 0 saturated heterocycles. The first-order valence-corrected chi connectivity index (χ1v) is 5.96. The van der Waals surface area contributed by atoms with Crippen molar-refractivity contribution >= 4 is 11.8 Å². The van der Waals surface area contributed by atoms with E-state index in [1.54, 1.807) is 0 Å². The van der Waals surface area contributed by atoms with Crippen LogP contribution in [0.1, 0.15) is 31.9 Å². The van der Waals surface area contributed by atoms with Gasteiger partial charge in [-0.05, 0) is 46.2 Å². The molecular formula is C15H21NO2. The molecule has 0 heterocycles. The van der Waals surface area contributed by atoms with Crippen molar-refractivity contribution < 1.29 is 9.53 Å². The summed E-state index contributed by atoms with van der Waals surface area (Å²) in [5.74, 6) is 0.